The highest BCUT2D eigenvalue weighted by atomic mass is 32.1. The van der Waals surface area contributed by atoms with Crippen molar-refractivity contribution in [1.29, 1.82) is 0 Å². The molecule has 1 N–H and O–H groups in total. The lowest BCUT2D eigenvalue weighted by Crippen LogP contribution is -2.35. The molecule has 0 fully saturated rings. The van der Waals surface area contributed by atoms with Crippen LogP contribution in [0.2, 0.25) is 0 Å². The molecule has 0 radical (unpaired) electrons. The Morgan fingerprint density at radius 2 is 1.90 bits per heavy atom. The summed E-state index contributed by atoms with van der Waals surface area (Å²) in [7, 11) is 0. The predicted molar refractivity (Wildman–Crippen MR) is 116 cm³/mol. The second-order valence-electron chi connectivity index (χ2n) is 7.16. The fraction of sp³-hybridized carbons (Fsp3) is 0.174. The van der Waals surface area contributed by atoms with Crippen molar-refractivity contribution in [3.8, 4) is 22.0 Å². The zero-order chi connectivity index (χ0) is 19.6. The number of benzene rings is 1. The first-order valence-corrected chi connectivity index (χ1v) is 10.5. The van der Waals surface area contributed by atoms with Crippen LogP contribution in [-0.4, -0.2) is 26.4 Å². The lowest BCUT2D eigenvalue weighted by molar-refractivity contribution is 0.239. The highest BCUT2D eigenvalue weighted by Crippen LogP contribution is 2.24. The summed E-state index contributed by atoms with van der Waals surface area (Å²) in [5, 5.41) is 2.06. The summed E-state index contributed by atoms with van der Waals surface area (Å²) in [6.07, 6.45) is 0.768. The molecule has 144 valence electrons. The van der Waals surface area contributed by atoms with Crippen LogP contribution in [0, 0.1) is 0 Å². The Bertz CT molecular complexity index is 1190. The van der Waals surface area contributed by atoms with Crippen molar-refractivity contribution in [3.05, 3.63) is 93.3 Å². The van der Waals surface area contributed by atoms with Crippen LogP contribution in [0.25, 0.3) is 22.0 Å². The topological polar surface area (TPSA) is 61.9 Å². The fourth-order valence-corrected chi connectivity index (χ4v) is 4.40. The van der Waals surface area contributed by atoms with Crippen LogP contribution in [0.15, 0.2) is 70.8 Å². The average Bonchev–Trinajstić information content (AvgIpc) is 3.30. The number of hydrogen-bond acceptors (Lipinski definition) is 5. The third-order valence-electron chi connectivity index (χ3n) is 5.16. The minimum atomic E-state index is -0.0427. The van der Waals surface area contributed by atoms with Gasteiger partial charge in [-0.3, -0.25) is 14.7 Å². The molecule has 0 amide bonds. The molecule has 4 aromatic rings. The number of H-pyrrole nitrogens is 1. The van der Waals surface area contributed by atoms with E-state index in [9.17, 15) is 4.79 Å². The summed E-state index contributed by atoms with van der Waals surface area (Å²) >= 11 is 1.69. The second kappa shape index (κ2) is 7.73. The van der Waals surface area contributed by atoms with E-state index in [0.29, 0.717) is 12.4 Å². The molecule has 6 heteroatoms. The summed E-state index contributed by atoms with van der Waals surface area (Å²) in [6.45, 7) is 2.18. The van der Waals surface area contributed by atoms with Crippen LogP contribution in [0.3, 0.4) is 0 Å². The van der Waals surface area contributed by atoms with Gasteiger partial charge in [0.25, 0.3) is 5.56 Å². The van der Waals surface area contributed by atoms with Gasteiger partial charge in [-0.15, -0.1) is 11.3 Å². The maximum absolute atomic E-state index is 12.7. The van der Waals surface area contributed by atoms with Crippen molar-refractivity contribution >= 4 is 11.3 Å². The Kier molecular flexibility index (Phi) is 4.79. The molecule has 0 saturated carbocycles. The second-order valence-corrected chi connectivity index (χ2v) is 8.11. The molecular formula is C23H20N4OS. The molecule has 3 aromatic heterocycles. The molecule has 29 heavy (non-hydrogen) atoms. The Labute approximate surface area is 172 Å². The van der Waals surface area contributed by atoms with Gasteiger partial charge in [0, 0.05) is 31.6 Å². The fourth-order valence-electron chi connectivity index (χ4n) is 3.71. The molecule has 0 unspecified atom stereocenters. The van der Waals surface area contributed by atoms with E-state index >= 15 is 0 Å². The van der Waals surface area contributed by atoms with Gasteiger partial charge in [-0.25, -0.2) is 4.98 Å². The number of aromatic amines is 1. The van der Waals surface area contributed by atoms with Crippen molar-refractivity contribution in [2.45, 2.75) is 19.5 Å². The number of pyridine rings is 1. The first kappa shape index (κ1) is 18.0. The van der Waals surface area contributed by atoms with E-state index in [2.05, 4.69) is 27.4 Å². The van der Waals surface area contributed by atoms with Crippen molar-refractivity contribution < 1.29 is 0 Å². The molecule has 1 aliphatic rings. The molecular weight excluding hydrogens is 380 g/mol. The first-order valence-electron chi connectivity index (χ1n) is 9.66. The highest BCUT2D eigenvalue weighted by molar-refractivity contribution is 7.13. The van der Waals surface area contributed by atoms with Crippen LogP contribution in [0.5, 0.6) is 0 Å². The van der Waals surface area contributed by atoms with Gasteiger partial charge >= 0.3 is 0 Å². The summed E-state index contributed by atoms with van der Waals surface area (Å²) in [5.74, 6) is 0.646. The lowest BCUT2D eigenvalue weighted by atomic mass is 10.1. The van der Waals surface area contributed by atoms with E-state index in [1.165, 1.54) is 4.88 Å². The van der Waals surface area contributed by atoms with Crippen molar-refractivity contribution in [2.24, 2.45) is 0 Å². The normalized spacial score (nSPS) is 13.9. The number of hydrogen-bond donors (Lipinski definition) is 1. The molecule has 0 atom stereocenters. The van der Waals surface area contributed by atoms with Gasteiger partial charge in [0.15, 0.2) is 0 Å². The average molecular weight is 401 g/mol. The van der Waals surface area contributed by atoms with E-state index < -0.39 is 0 Å². The van der Waals surface area contributed by atoms with Crippen LogP contribution in [0.1, 0.15) is 17.0 Å². The highest BCUT2D eigenvalue weighted by Gasteiger charge is 2.22. The number of thiophene rings is 1. The molecule has 0 saturated heterocycles. The van der Waals surface area contributed by atoms with E-state index in [-0.39, 0.29) is 5.56 Å². The van der Waals surface area contributed by atoms with Crippen LogP contribution < -0.4 is 5.56 Å². The number of nitrogens with one attached hydrogen (secondary N) is 1. The van der Waals surface area contributed by atoms with E-state index in [0.717, 1.165) is 47.7 Å². The maximum Gasteiger partial charge on any atom is 0.255 e. The van der Waals surface area contributed by atoms with Gasteiger partial charge in [-0.2, -0.15) is 0 Å². The number of fused-ring (bicyclic) bond motifs is 1. The lowest BCUT2D eigenvalue weighted by Gasteiger charge is -2.27. The largest absolute Gasteiger partial charge is 0.306 e. The summed E-state index contributed by atoms with van der Waals surface area (Å²) < 4.78 is 0. The van der Waals surface area contributed by atoms with Crippen molar-refractivity contribution in [3.63, 3.8) is 0 Å². The van der Waals surface area contributed by atoms with Gasteiger partial charge < -0.3 is 4.98 Å². The zero-order valence-electron chi connectivity index (χ0n) is 15.8. The molecule has 5 rings (SSSR count). The monoisotopic (exact) mass is 400 g/mol. The van der Waals surface area contributed by atoms with Gasteiger partial charge in [0.1, 0.15) is 5.82 Å². The third kappa shape index (κ3) is 3.77. The first-order chi connectivity index (χ1) is 14.3. The van der Waals surface area contributed by atoms with E-state index in [4.69, 9.17) is 9.97 Å². The third-order valence-corrected chi connectivity index (χ3v) is 6.05. The van der Waals surface area contributed by atoms with Crippen LogP contribution in [-0.2, 0) is 19.5 Å². The number of rotatable bonds is 4. The maximum atomic E-state index is 12.7. The summed E-state index contributed by atoms with van der Waals surface area (Å²) in [6, 6.07) is 20.1. The molecule has 0 aliphatic carbocycles. The van der Waals surface area contributed by atoms with Gasteiger partial charge in [-0.1, -0.05) is 42.5 Å². The molecule has 1 aromatic carbocycles. The van der Waals surface area contributed by atoms with Gasteiger partial charge in [0.2, 0.25) is 0 Å². The minimum Gasteiger partial charge on any atom is -0.306 e. The predicted octanol–water partition coefficient (Wildman–Crippen LogP) is 4.12. The SMILES string of the molecule is O=c1[nH]c(-c2ccccc2)nc2c1CN(Cc1cccc(-c3cccs3)n1)CC2. The van der Waals surface area contributed by atoms with Gasteiger partial charge in [0.05, 0.1) is 27.5 Å². The minimum absolute atomic E-state index is 0.0427. The standard InChI is InChI=1S/C23H20N4OS/c28-23-18-15-27(14-17-8-4-9-20(24-17)21-10-5-13-29-21)12-11-19(18)25-22(26-23)16-6-2-1-3-7-16/h1-10,13H,11-12,14-15H2,(H,25,26,28). The number of aromatic nitrogens is 3. The quantitative estimate of drug-likeness (QED) is 0.560. The van der Waals surface area contributed by atoms with E-state index in [1.807, 2.05) is 48.5 Å². The molecule has 1 aliphatic heterocycles. The van der Waals surface area contributed by atoms with E-state index in [1.54, 1.807) is 11.3 Å². The Morgan fingerprint density at radius 3 is 2.72 bits per heavy atom. The molecule has 5 nitrogen and oxygen atoms in total. The Hall–Kier alpha value is -3.09. The van der Waals surface area contributed by atoms with Crippen molar-refractivity contribution in [1.82, 2.24) is 19.9 Å². The van der Waals surface area contributed by atoms with Crippen molar-refractivity contribution in [2.75, 3.05) is 6.54 Å². The van der Waals surface area contributed by atoms with Crippen LogP contribution in [0.4, 0.5) is 0 Å². The Morgan fingerprint density at radius 1 is 1.00 bits per heavy atom. The Balaban J connectivity index is 1.37. The summed E-state index contributed by atoms with van der Waals surface area (Å²) in [5.41, 5.74) is 4.59. The smallest absolute Gasteiger partial charge is 0.255 e. The molecule has 0 bridgehead atoms. The van der Waals surface area contributed by atoms with Crippen LogP contribution >= 0.6 is 11.3 Å². The molecule has 0 spiro atoms. The number of nitrogens with zero attached hydrogens (tertiary/aromatic N) is 3. The van der Waals surface area contributed by atoms with Gasteiger partial charge in [-0.05, 0) is 23.6 Å². The molecule has 4 heterocycles. The summed E-state index contributed by atoms with van der Waals surface area (Å²) in [4.78, 5) is 28.7. The zero-order valence-corrected chi connectivity index (χ0v) is 16.7.